The number of carbonyl (C=O) groups is 3. The maximum Gasteiger partial charge on any atom is 0.338 e. The second-order valence-electron chi connectivity index (χ2n) is 25.7. The number of aromatic amines is 2. The Morgan fingerprint density at radius 3 is 1.32 bits per heavy atom. The first-order chi connectivity index (χ1) is 63.4. The van der Waals surface area contributed by atoms with E-state index in [1.54, 1.807) is 264 Å². The highest BCUT2D eigenvalue weighted by Crippen LogP contribution is 2.30. The number of hydrazine groups is 1. The van der Waals surface area contributed by atoms with Gasteiger partial charge in [-0.3, -0.25) is 49.1 Å². The molecular formula is C72H72F2N28O6S20. The van der Waals surface area contributed by atoms with E-state index in [0.717, 1.165) is 72.6 Å². The van der Waals surface area contributed by atoms with Gasteiger partial charge in [0.15, 0.2) is 35.4 Å². The Hall–Kier alpha value is -9.47. The van der Waals surface area contributed by atoms with Gasteiger partial charge in [0.2, 0.25) is 0 Å². The molecule has 10 aromatic heterocycles. The van der Waals surface area contributed by atoms with Crippen LogP contribution in [0.5, 0.6) is 0 Å². The van der Waals surface area contributed by atoms with E-state index < -0.39 is 23.5 Å². The Morgan fingerprint density at radius 1 is 0.531 bits per heavy atom. The van der Waals surface area contributed by atoms with Crippen LogP contribution in [0.2, 0.25) is 0 Å². The van der Waals surface area contributed by atoms with Gasteiger partial charge in [-0.15, -0.1) is 30.6 Å². The summed E-state index contributed by atoms with van der Waals surface area (Å²) in [6.07, 6.45) is 23.8. The van der Waals surface area contributed by atoms with Gasteiger partial charge in [-0.1, -0.05) is 48.5 Å². The summed E-state index contributed by atoms with van der Waals surface area (Å²) in [6.45, 7) is 12.0. The fraction of sp³-hybridized carbons (Fsp3) is 0.208. The van der Waals surface area contributed by atoms with Crippen LogP contribution in [-0.2, 0) is 215 Å². The molecule has 0 fully saturated rings. The van der Waals surface area contributed by atoms with Crippen molar-refractivity contribution in [2.24, 2.45) is 5.84 Å². The van der Waals surface area contributed by atoms with Gasteiger partial charge in [0.1, 0.15) is 46.1 Å². The summed E-state index contributed by atoms with van der Waals surface area (Å²) >= 11 is 9.51. The third-order valence-corrected chi connectivity index (χ3v) is 55.2. The Kier molecular flexibility index (Phi) is 40.4. The standard InChI is InChI=1S/C26H21FN8O2.C16H11FN2O3.2C10H12N6.C5H8N4.C5H4N2O.S20.2H2/c1-15-13-34(14-23-31-32-24(35(15)23)22-12-28-8-9-29-22)26(37)19-10-16(6-7-20(19)27)11-21-17-4-2-3-5-18(17)25(36)33-30-21;17-13-6-5-9(7-12(13)16(21)22)8-14-10-3-1-2-4-11(10)15(20)19-18-14;2*1-7-4-12-6-9-14-15-10(16(7)9)8-5-11-2-3-13-8;1-4-2-7-3-5(8-4)9-6;8-4-5-3-6-1-2-7-5;1-3-5-7-9-11-13-15-17-19-20-18-16-14-12-10-8-6-4-2;;/h2-10,12,15H,11,13-14H2,1H3,(H,33,36);1-7H,8H2,(H,19,20)(H,21,22);2*2-3,5,7,12H,4,6H2,1H3;2-3H,6H2,1H3,(H,8,9);1-4H;;2*1H/i;;;;;;;1+1D;. The highest BCUT2D eigenvalue weighted by Gasteiger charge is 2.32. The summed E-state index contributed by atoms with van der Waals surface area (Å²) in [5.41, 5.74) is 7.31. The van der Waals surface area contributed by atoms with Crippen LogP contribution in [0.1, 0.15) is 120 Å². The molecule has 3 aliphatic rings. The number of hydrogen-bond acceptors (Lipinski definition) is 29. The Morgan fingerprint density at radius 2 is 0.938 bits per heavy atom. The van der Waals surface area contributed by atoms with Gasteiger partial charge < -0.3 is 39.8 Å². The number of carboxylic acid groups (broad SMARTS) is 1. The van der Waals surface area contributed by atoms with Crippen LogP contribution in [0.4, 0.5) is 14.6 Å². The number of rotatable bonds is 11. The van der Waals surface area contributed by atoms with E-state index in [2.05, 4.69) is 140 Å². The molecule has 670 valence electrons. The molecule has 3 aliphatic heterocycles. The number of H-pyrrole nitrogens is 2. The van der Waals surface area contributed by atoms with Crippen molar-refractivity contribution in [2.75, 3.05) is 25.1 Å². The second-order valence-corrected chi connectivity index (χ2v) is 57.6. The van der Waals surface area contributed by atoms with Gasteiger partial charge in [0, 0.05) is 298 Å². The smallest absolute Gasteiger partial charge is 0.338 e. The minimum Gasteiger partial charge on any atom is -0.478 e. The highest BCUT2D eigenvalue weighted by atomic mass is 33.5. The second kappa shape index (κ2) is 53.0. The molecule has 34 nitrogen and oxygen atoms in total. The predicted molar refractivity (Wildman–Crippen MR) is 539 cm³/mol. The summed E-state index contributed by atoms with van der Waals surface area (Å²) in [5.74, 6) is 7.21. The van der Waals surface area contributed by atoms with Crippen LogP contribution in [0.25, 0.3) is 56.1 Å². The first kappa shape index (κ1) is 97.6. The first-order valence-electron chi connectivity index (χ1n) is 37.7. The number of nitrogens with two attached hydrogens (primary N) is 1. The van der Waals surface area contributed by atoms with Crippen molar-refractivity contribution in [3.63, 3.8) is 0 Å². The number of amides is 1. The third kappa shape index (κ3) is 29.3. The molecule has 128 heavy (non-hydrogen) atoms. The number of aromatic nitrogens is 23. The Bertz CT molecular complexity index is 7180. The number of halogens is 2. The number of carbonyl (C=O) groups excluding carboxylic acids is 2. The molecule has 13 heterocycles. The van der Waals surface area contributed by atoms with Gasteiger partial charge in [-0.25, -0.2) is 49.6 Å². The van der Waals surface area contributed by atoms with Crippen molar-refractivity contribution in [2.45, 2.75) is 78.3 Å². The van der Waals surface area contributed by atoms with E-state index in [4.69, 9.17) is 36.3 Å². The maximum atomic E-state index is 14.9. The normalized spacial score (nSPS) is 13.5. The number of fused-ring (bicyclic) bond motifs is 5. The van der Waals surface area contributed by atoms with Gasteiger partial charge in [-0.05, 0) is 75.2 Å². The van der Waals surface area contributed by atoms with Crippen molar-refractivity contribution in [1.29, 1.82) is 0 Å². The molecule has 3 atom stereocenters. The van der Waals surface area contributed by atoms with Gasteiger partial charge in [0.05, 0.1) is 95.6 Å². The SMILES string of the molecule is CC1CN(C(=O)c2cc(Cc3n[nH]c(=O)c4ccccc34)ccc2F)Cc2nnc(-c3cnccn3)n21.CC1CNCc2nnc(-c3cnccn3)n21.CC1CNCc2nnc(-c3cnccn3)n21.Cc1cncc(NN)n1.O=C(O)c1cc(Cc2n[nH]c(=O)c3ccccc23)ccc1F.O=Cc1cnccn1.S=S=S=S=S=S=S=S=S=S=S=S=S=S=S=S=S=S=S=S.[2H][2H].[HH]. The zero-order valence-corrected chi connectivity index (χ0v) is 82.8. The zero-order valence-electron chi connectivity index (χ0n) is 68.5. The minimum atomic E-state index is -1.32. The van der Waals surface area contributed by atoms with Gasteiger partial charge in [-0.2, -0.15) is 10.2 Å². The number of nitrogen functional groups attached to an aromatic ring is 1. The lowest BCUT2D eigenvalue weighted by Crippen LogP contribution is -2.41. The largest absolute Gasteiger partial charge is 0.478 e. The van der Waals surface area contributed by atoms with E-state index in [-0.39, 0.29) is 42.7 Å². The average Bonchev–Trinajstić information content (AvgIpc) is 1.67. The fourth-order valence-corrected chi connectivity index (χ4v) is 56.1. The molecule has 56 heteroatoms. The molecule has 0 saturated carbocycles. The van der Waals surface area contributed by atoms with Gasteiger partial charge >= 0.3 is 5.97 Å². The maximum absolute atomic E-state index is 14.9. The van der Waals surface area contributed by atoms with Crippen molar-refractivity contribution >= 4 is 228 Å². The molecule has 14 aromatic rings. The molecule has 0 saturated heterocycles. The van der Waals surface area contributed by atoms with Crippen LogP contribution in [0.15, 0.2) is 181 Å². The number of aldehydes is 1. The van der Waals surface area contributed by atoms with E-state index in [1.807, 2.05) is 30.5 Å². The van der Waals surface area contributed by atoms with Crippen LogP contribution >= 0.6 is 0 Å². The van der Waals surface area contributed by atoms with Crippen LogP contribution in [-0.4, -0.2) is 162 Å². The van der Waals surface area contributed by atoms with E-state index >= 15 is 0 Å². The van der Waals surface area contributed by atoms with Crippen molar-refractivity contribution in [1.82, 2.24) is 130 Å². The van der Waals surface area contributed by atoms with E-state index in [1.165, 1.54) is 54.6 Å². The molecule has 0 aliphatic carbocycles. The molecule has 3 unspecified atom stereocenters. The van der Waals surface area contributed by atoms with Crippen molar-refractivity contribution in [3.8, 4) is 34.6 Å². The van der Waals surface area contributed by atoms with E-state index in [9.17, 15) is 32.8 Å². The lowest BCUT2D eigenvalue weighted by Gasteiger charge is -2.32. The molecule has 0 radical (unpaired) electrons. The molecule has 8 N–H and O–H groups in total. The number of hydrogen-bond donors (Lipinski definition) is 7. The first-order valence-corrected chi connectivity index (χ1v) is 62.0. The number of anilines is 1. The quantitative estimate of drug-likeness (QED) is 0.0394. The third-order valence-electron chi connectivity index (χ3n) is 17.4. The Labute approximate surface area is 792 Å². The topological polar surface area (TPSA) is 449 Å². The van der Waals surface area contributed by atoms with Crippen LogP contribution in [0.3, 0.4) is 0 Å². The summed E-state index contributed by atoms with van der Waals surface area (Å²) in [4.78, 5) is 99.9. The van der Waals surface area contributed by atoms with Crippen molar-refractivity contribution < 1.29 is 32.7 Å². The van der Waals surface area contributed by atoms with Crippen molar-refractivity contribution in [3.05, 3.63) is 267 Å². The number of aromatic carboxylic acids is 1. The van der Waals surface area contributed by atoms with Crippen LogP contribution in [0, 0.1) is 18.6 Å². The fourth-order valence-electron chi connectivity index (χ4n) is 12.2. The lowest BCUT2D eigenvalue weighted by atomic mass is 10.0. The molecule has 1 amide bonds. The summed E-state index contributed by atoms with van der Waals surface area (Å²) in [5, 5.41) is 56.4. The number of carboxylic acids is 1. The molecule has 0 spiro atoms. The molecule has 17 rings (SSSR count). The number of nitrogens with one attached hydrogen (secondary N) is 5. The molecular weight excluding hydrogens is 2030 g/mol. The highest BCUT2D eigenvalue weighted by molar-refractivity contribution is 8.78. The molecule has 4 aromatic carbocycles. The minimum absolute atomic E-state index is 0. The summed E-state index contributed by atoms with van der Waals surface area (Å²) < 4.78 is 44.5. The van der Waals surface area contributed by atoms with Crippen LogP contribution < -0.4 is 33.0 Å². The summed E-state index contributed by atoms with van der Waals surface area (Å²) in [6, 6.07) is 23.1. The number of nitrogens with zero attached hydrogens (tertiary/aromatic N) is 22. The average molecular weight is 2110 g/mol. The van der Waals surface area contributed by atoms with Gasteiger partial charge in [0.25, 0.3) is 17.0 Å². The van der Waals surface area contributed by atoms with E-state index in [0.29, 0.717) is 104 Å². The molecule has 0 bridgehead atoms. The number of benzene rings is 4. The predicted octanol–water partition coefficient (Wildman–Crippen LogP) is 6.87. The lowest BCUT2D eigenvalue weighted by molar-refractivity contribution is 0.0673. The summed E-state index contributed by atoms with van der Waals surface area (Å²) in [7, 11) is 30.8. The number of aryl methyl sites for hydroxylation is 1. The zero-order chi connectivity index (χ0) is 92.4. The Balaban J connectivity index is 0.000000180. The monoisotopic (exact) mass is 2100 g/mol.